The zero-order valence-electron chi connectivity index (χ0n) is 9.31. The third-order valence-electron chi connectivity index (χ3n) is 2.34. The van der Waals surface area contributed by atoms with Crippen molar-refractivity contribution < 1.29 is 4.79 Å². The predicted molar refractivity (Wildman–Crippen MR) is 69.3 cm³/mol. The van der Waals surface area contributed by atoms with Crippen molar-refractivity contribution in [3.8, 4) is 0 Å². The van der Waals surface area contributed by atoms with E-state index in [1.165, 1.54) is 11.8 Å². The quantitative estimate of drug-likeness (QED) is 0.729. The Hall–Kier alpha value is -1.48. The van der Waals surface area contributed by atoms with Crippen molar-refractivity contribution in [2.24, 2.45) is 0 Å². The summed E-state index contributed by atoms with van der Waals surface area (Å²) in [7, 11) is 1.95. The van der Waals surface area contributed by atoms with Crippen LogP contribution in [0.1, 0.15) is 6.92 Å². The number of nitrogens with zero attached hydrogens (tertiary/aromatic N) is 1. The van der Waals surface area contributed by atoms with Gasteiger partial charge in [-0.2, -0.15) is 0 Å². The van der Waals surface area contributed by atoms with Gasteiger partial charge in [-0.1, -0.05) is 30.0 Å². The number of allylic oxidation sites excluding steroid dienone is 2. The highest BCUT2D eigenvalue weighted by Gasteiger charge is 2.17. The van der Waals surface area contributed by atoms with E-state index in [1.54, 1.807) is 0 Å². The summed E-state index contributed by atoms with van der Waals surface area (Å²) in [6.07, 6.45) is 3.80. The minimum Gasteiger partial charge on any atom is -0.350 e. The van der Waals surface area contributed by atoms with Gasteiger partial charge in [0, 0.05) is 24.5 Å². The molecule has 2 nitrogen and oxygen atoms in total. The van der Waals surface area contributed by atoms with Crippen LogP contribution in [-0.2, 0) is 4.79 Å². The lowest BCUT2D eigenvalue weighted by atomic mass is 10.2. The van der Waals surface area contributed by atoms with Crippen LogP contribution >= 0.6 is 11.8 Å². The number of thioether (sulfide) groups is 1. The summed E-state index contributed by atoms with van der Waals surface area (Å²) in [4.78, 5) is 14.6. The molecule has 0 unspecified atom stereocenters. The Balaban J connectivity index is 2.22. The molecule has 0 atom stereocenters. The van der Waals surface area contributed by atoms with Crippen molar-refractivity contribution in [1.29, 1.82) is 0 Å². The number of hydrogen-bond donors (Lipinski definition) is 0. The maximum absolute atomic E-state index is 11.6. The molecule has 16 heavy (non-hydrogen) atoms. The highest BCUT2D eigenvalue weighted by atomic mass is 32.2. The van der Waals surface area contributed by atoms with E-state index in [4.69, 9.17) is 0 Å². The molecule has 0 aromatic heterocycles. The van der Waals surface area contributed by atoms with Crippen molar-refractivity contribution in [3.63, 3.8) is 0 Å². The molecule has 0 fully saturated rings. The van der Waals surface area contributed by atoms with Crippen LogP contribution in [0.4, 0.5) is 5.69 Å². The molecule has 0 N–H and O–H groups in total. The molecule has 2 rings (SSSR count). The zero-order chi connectivity index (χ0) is 11.5. The van der Waals surface area contributed by atoms with Gasteiger partial charge in [0.1, 0.15) is 0 Å². The fraction of sp³-hybridized carbons (Fsp3) is 0.154. The van der Waals surface area contributed by atoms with Crippen LogP contribution in [0.3, 0.4) is 0 Å². The average Bonchev–Trinajstić information content (AvgIpc) is 2.59. The number of carbonyl (C=O) groups excluding carboxylic acids is 1. The first-order valence-corrected chi connectivity index (χ1v) is 5.88. The van der Waals surface area contributed by atoms with E-state index in [0.29, 0.717) is 0 Å². The van der Waals surface area contributed by atoms with Crippen LogP contribution < -0.4 is 4.90 Å². The van der Waals surface area contributed by atoms with E-state index in [1.807, 2.05) is 61.5 Å². The van der Waals surface area contributed by atoms with Crippen molar-refractivity contribution in [1.82, 2.24) is 0 Å². The van der Waals surface area contributed by atoms with Gasteiger partial charge < -0.3 is 4.90 Å². The van der Waals surface area contributed by atoms with E-state index >= 15 is 0 Å². The summed E-state index contributed by atoms with van der Waals surface area (Å²) in [6.45, 7) is 1.95. The third-order valence-corrected chi connectivity index (χ3v) is 3.21. The van der Waals surface area contributed by atoms with E-state index in [0.717, 1.165) is 16.2 Å². The van der Waals surface area contributed by atoms with Gasteiger partial charge in [0.25, 0.3) is 0 Å². The van der Waals surface area contributed by atoms with E-state index < -0.39 is 0 Å². The molecule has 1 aliphatic heterocycles. The first-order chi connectivity index (χ1) is 7.66. The second kappa shape index (κ2) is 4.58. The van der Waals surface area contributed by atoms with Crippen LogP contribution in [0.25, 0.3) is 0 Å². The minimum atomic E-state index is 0.125. The summed E-state index contributed by atoms with van der Waals surface area (Å²) >= 11 is 1.29. The standard InChI is InChI=1S/C13H13NOS/c1-10-8-11(13(15)16-10)9-14(2)12-6-4-3-5-7-12/h3-9H,1-2H3/b11-9+. The molecule has 0 saturated heterocycles. The fourth-order valence-electron chi connectivity index (χ4n) is 1.55. The van der Waals surface area contributed by atoms with Gasteiger partial charge in [-0.25, -0.2) is 0 Å². The molecule has 0 amide bonds. The van der Waals surface area contributed by atoms with Gasteiger partial charge in [-0.15, -0.1) is 0 Å². The smallest absolute Gasteiger partial charge is 0.225 e. The second-order valence-corrected chi connectivity index (χ2v) is 4.89. The minimum absolute atomic E-state index is 0.125. The Morgan fingerprint density at radius 1 is 1.25 bits per heavy atom. The van der Waals surface area contributed by atoms with Gasteiger partial charge in [0.05, 0.1) is 0 Å². The molecular weight excluding hydrogens is 218 g/mol. The first-order valence-electron chi connectivity index (χ1n) is 5.07. The molecule has 0 aliphatic carbocycles. The maximum Gasteiger partial charge on any atom is 0.225 e. The van der Waals surface area contributed by atoms with Crippen molar-refractivity contribution in [3.05, 3.63) is 53.1 Å². The fourth-order valence-corrected chi connectivity index (χ4v) is 2.26. The summed E-state index contributed by atoms with van der Waals surface area (Å²) in [5, 5.41) is 0.125. The summed E-state index contributed by atoms with van der Waals surface area (Å²) in [5.74, 6) is 0. The Bertz CT molecular complexity index is 462. The molecule has 0 spiro atoms. The Morgan fingerprint density at radius 3 is 2.50 bits per heavy atom. The SMILES string of the molecule is CC1=C/C(=C\N(C)c2ccccc2)C(=O)S1. The van der Waals surface area contributed by atoms with E-state index in [9.17, 15) is 4.79 Å². The van der Waals surface area contributed by atoms with Gasteiger partial charge in [0.15, 0.2) is 0 Å². The summed E-state index contributed by atoms with van der Waals surface area (Å²) < 4.78 is 0. The van der Waals surface area contributed by atoms with Crippen LogP contribution in [0.2, 0.25) is 0 Å². The van der Waals surface area contributed by atoms with Crippen LogP contribution in [-0.4, -0.2) is 12.2 Å². The lowest BCUT2D eigenvalue weighted by Gasteiger charge is -2.14. The average molecular weight is 231 g/mol. The lowest BCUT2D eigenvalue weighted by Crippen LogP contribution is -2.09. The van der Waals surface area contributed by atoms with Crippen molar-refractivity contribution >= 4 is 22.6 Å². The Labute approximate surface area is 99.6 Å². The lowest BCUT2D eigenvalue weighted by molar-refractivity contribution is -0.107. The largest absolute Gasteiger partial charge is 0.350 e. The van der Waals surface area contributed by atoms with Gasteiger partial charge in [0.2, 0.25) is 5.12 Å². The normalized spacial score (nSPS) is 17.8. The molecule has 0 bridgehead atoms. The monoisotopic (exact) mass is 231 g/mol. The number of para-hydroxylation sites is 1. The predicted octanol–water partition coefficient (Wildman–Crippen LogP) is 3.18. The van der Waals surface area contributed by atoms with E-state index in [2.05, 4.69) is 0 Å². The second-order valence-electron chi connectivity index (χ2n) is 3.68. The summed E-state index contributed by atoms with van der Waals surface area (Å²) in [6, 6.07) is 9.97. The summed E-state index contributed by atoms with van der Waals surface area (Å²) in [5.41, 5.74) is 1.83. The number of benzene rings is 1. The molecule has 1 aliphatic rings. The molecule has 3 heteroatoms. The van der Waals surface area contributed by atoms with Crippen molar-refractivity contribution in [2.75, 3.05) is 11.9 Å². The van der Waals surface area contributed by atoms with Crippen LogP contribution in [0.5, 0.6) is 0 Å². The third kappa shape index (κ3) is 2.36. The number of rotatable bonds is 2. The van der Waals surface area contributed by atoms with Crippen molar-refractivity contribution in [2.45, 2.75) is 6.92 Å². The maximum atomic E-state index is 11.6. The Morgan fingerprint density at radius 2 is 1.94 bits per heavy atom. The number of hydrogen-bond acceptors (Lipinski definition) is 3. The van der Waals surface area contributed by atoms with Gasteiger partial charge >= 0.3 is 0 Å². The topological polar surface area (TPSA) is 20.3 Å². The van der Waals surface area contributed by atoms with Crippen LogP contribution in [0, 0.1) is 0 Å². The molecule has 1 aromatic rings. The molecule has 1 heterocycles. The highest BCUT2D eigenvalue weighted by molar-refractivity contribution is 8.17. The van der Waals surface area contributed by atoms with Gasteiger partial charge in [-0.05, 0) is 30.0 Å². The number of anilines is 1. The molecule has 0 radical (unpaired) electrons. The molecule has 0 saturated carbocycles. The van der Waals surface area contributed by atoms with E-state index in [-0.39, 0.29) is 5.12 Å². The number of carbonyl (C=O) groups is 1. The highest BCUT2D eigenvalue weighted by Crippen LogP contribution is 2.30. The Kier molecular flexibility index (Phi) is 3.15. The van der Waals surface area contributed by atoms with Crippen LogP contribution in [0.15, 0.2) is 53.1 Å². The molecular formula is C13H13NOS. The first kappa shape index (κ1) is 11.0. The van der Waals surface area contributed by atoms with Gasteiger partial charge in [-0.3, -0.25) is 4.79 Å². The zero-order valence-corrected chi connectivity index (χ0v) is 10.1. The molecule has 82 valence electrons. The molecule has 1 aromatic carbocycles.